The number of para-hydroxylation sites is 1. The van der Waals surface area contributed by atoms with Gasteiger partial charge in [-0.2, -0.15) is 0 Å². The van der Waals surface area contributed by atoms with Crippen LogP contribution in [0.5, 0.6) is 0 Å². The molecule has 1 heterocycles. The van der Waals surface area contributed by atoms with E-state index in [9.17, 15) is 9.59 Å². The maximum atomic E-state index is 12.3. The fraction of sp³-hybridized carbons (Fsp3) is 0.278. The van der Waals surface area contributed by atoms with E-state index in [0.717, 1.165) is 17.8 Å². The van der Waals surface area contributed by atoms with Crippen LogP contribution in [0.2, 0.25) is 0 Å². The van der Waals surface area contributed by atoms with Gasteiger partial charge >= 0.3 is 0 Å². The third-order valence-electron chi connectivity index (χ3n) is 3.45. The molecule has 0 fully saturated rings. The Morgan fingerprint density at radius 2 is 1.67 bits per heavy atom. The maximum absolute atomic E-state index is 12.3. The largest absolute Gasteiger partial charge is 0.349 e. The van der Waals surface area contributed by atoms with Crippen LogP contribution in [-0.4, -0.2) is 48.9 Å². The highest BCUT2D eigenvalue weighted by atomic mass is 16.2. The quantitative estimate of drug-likeness (QED) is 0.851. The van der Waals surface area contributed by atoms with Crippen LogP contribution < -0.4 is 10.6 Å². The Labute approximate surface area is 141 Å². The first kappa shape index (κ1) is 17.6. The van der Waals surface area contributed by atoms with Crippen molar-refractivity contribution in [3.63, 3.8) is 0 Å². The second kappa shape index (κ2) is 8.21. The molecule has 6 nitrogen and oxygen atoms in total. The van der Waals surface area contributed by atoms with Gasteiger partial charge in [-0.3, -0.25) is 9.59 Å². The Bertz CT molecular complexity index is 728. The average Bonchev–Trinajstić information content (AvgIpc) is 2.56. The maximum Gasteiger partial charge on any atom is 0.274 e. The topological polar surface area (TPSA) is 74.3 Å². The zero-order valence-electron chi connectivity index (χ0n) is 14.2. The van der Waals surface area contributed by atoms with E-state index in [1.165, 1.54) is 0 Å². The Hall–Kier alpha value is -2.73. The molecule has 2 amide bonds. The number of nitrogens with zero attached hydrogens (tertiary/aromatic N) is 2. The molecule has 0 aliphatic carbocycles. The Kier molecular flexibility index (Phi) is 6.03. The van der Waals surface area contributed by atoms with Crippen molar-refractivity contribution in [1.29, 1.82) is 0 Å². The lowest BCUT2D eigenvalue weighted by Gasteiger charge is -2.11. The molecule has 0 saturated carbocycles. The van der Waals surface area contributed by atoms with Crippen LogP contribution in [0.3, 0.4) is 0 Å². The number of likely N-dealkylation sites (N-methyl/N-ethyl adjacent to an activating group) is 1. The van der Waals surface area contributed by atoms with Crippen LogP contribution in [0, 0.1) is 6.92 Å². The molecular weight excluding hydrogens is 304 g/mol. The second-order valence-electron chi connectivity index (χ2n) is 5.74. The highest BCUT2D eigenvalue weighted by Crippen LogP contribution is 2.14. The molecule has 0 radical (unpaired) electrons. The van der Waals surface area contributed by atoms with Gasteiger partial charge in [0.1, 0.15) is 11.4 Å². The van der Waals surface area contributed by atoms with E-state index in [1.807, 2.05) is 50.2 Å². The second-order valence-corrected chi connectivity index (χ2v) is 5.74. The van der Waals surface area contributed by atoms with E-state index < -0.39 is 0 Å². The van der Waals surface area contributed by atoms with Crippen LogP contribution in [-0.2, 0) is 0 Å². The number of rotatable bonds is 6. The van der Waals surface area contributed by atoms with E-state index in [0.29, 0.717) is 6.54 Å². The minimum atomic E-state index is -0.341. The van der Waals surface area contributed by atoms with Crippen LogP contribution >= 0.6 is 0 Å². The van der Waals surface area contributed by atoms with Gasteiger partial charge in [-0.05, 0) is 44.8 Å². The lowest BCUT2D eigenvalue weighted by molar-refractivity contribution is 0.0946. The fourth-order valence-electron chi connectivity index (χ4n) is 2.07. The van der Waals surface area contributed by atoms with E-state index >= 15 is 0 Å². The molecule has 2 N–H and O–H groups in total. The number of nitrogens with one attached hydrogen (secondary N) is 2. The number of pyridine rings is 1. The van der Waals surface area contributed by atoms with Crippen molar-refractivity contribution in [2.45, 2.75) is 6.92 Å². The van der Waals surface area contributed by atoms with Crippen LogP contribution in [0.15, 0.2) is 42.5 Å². The molecule has 0 saturated heterocycles. The lowest BCUT2D eigenvalue weighted by Crippen LogP contribution is -2.32. The summed E-state index contributed by atoms with van der Waals surface area (Å²) in [4.78, 5) is 30.6. The molecule has 1 aromatic heterocycles. The summed E-state index contributed by atoms with van der Waals surface area (Å²) < 4.78 is 0. The first-order chi connectivity index (χ1) is 11.5. The first-order valence-corrected chi connectivity index (χ1v) is 7.74. The van der Waals surface area contributed by atoms with Crippen molar-refractivity contribution >= 4 is 17.5 Å². The number of carbonyl (C=O) groups is 2. The van der Waals surface area contributed by atoms with Crippen molar-refractivity contribution < 1.29 is 9.59 Å². The number of aryl methyl sites for hydroxylation is 1. The molecule has 0 atom stereocenters. The molecule has 2 aromatic rings. The van der Waals surface area contributed by atoms with Gasteiger partial charge in [-0.15, -0.1) is 0 Å². The van der Waals surface area contributed by atoms with Gasteiger partial charge in [-0.25, -0.2) is 4.98 Å². The van der Waals surface area contributed by atoms with E-state index in [2.05, 4.69) is 15.6 Å². The number of carbonyl (C=O) groups excluding carboxylic acids is 2. The van der Waals surface area contributed by atoms with Gasteiger partial charge in [0.15, 0.2) is 0 Å². The summed E-state index contributed by atoms with van der Waals surface area (Å²) in [7, 11) is 3.86. The number of aromatic nitrogens is 1. The van der Waals surface area contributed by atoms with Crippen molar-refractivity contribution in [3.05, 3.63) is 59.4 Å². The molecule has 0 spiro atoms. The highest BCUT2D eigenvalue weighted by Gasteiger charge is 2.13. The Balaban J connectivity index is 2.05. The smallest absolute Gasteiger partial charge is 0.274 e. The Morgan fingerprint density at radius 3 is 2.33 bits per heavy atom. The molecule has 2 rings (SSSR count). The van der Waals surface area contributed by atoms with Crippen molar-refractivity contribution in [2.24, 2.45) is 0 Å². The summed E-state index contributed by atoms with van der Waals surface area (Å²) in [5, 5.41) is 5.59. The third kappa shape index (κ3) is 4.89. The summed E-state index contributed by atoms with van der Waals surface area (Å²) in [6.07, 6.45) is 0. The van der Waals surface area contributed by atoms with Crippen LogP contribution in [0.1, 0.15) is 26.5 Å². The fourth-order valence-corrected chi connectivity index (χ4v) is 2.07. The zero-order valence-corrected chi connectivity index (χ0v) is 14.2. The van der Waals surface area contributed by atoms with Gasteiger partial charge in [0.2, 0.25) is 0 Å². The monoisotopic (exact) mass is 326 g/mol. The number of benzene rings is 1. The van der Waals surface area contributed by atoms with Crippen molar-refractivity contribution in [3.8, 4) is 0 Å². The summed E-state index contributed by atoms with van der Waals surface area (Å²) >= 11 is 0. The third-order valence-corrected chi connectivity index (χ3v) is 3.45. The normalized spacial score (nSPS) is 10.5. The zero-order chi connectivity index (χ0) is 17.5. The first-order valence-electron chi connectivity index (χ1n) is 7.74. The number of hydrogen-bond donors (Lipinski definition) is 2. The average molecular weight is 326 g/mol. The number of anilines is 1. The van der Waals surface area contributed by atoms with E-state index in [4.69, 9.17) is 0 Å². The predicted octanol–water partition coefficient (Wildman–Crippen LogP) is 1.93. The highest BCUT2D eigenvalue weighted by molar-refractivity contribution is 6.04. The van der Waals surface area contributed by atoms with Gasteiger partial charge in [-0.1, -0.05) is 24.3 Å². The number of hydrogen-bond acceptors (Lipinski definition) is 4. The van der Waals surface area contributed by atoms with E-state index in [1.54, 1.807) is 18.2 Å². The molecule has 0 aliphatic heterocycles. The molecule has 126 valence electrons. The van der Waals surface area contributed by atoms with Crippen LogP contribution in [0.4, 0.5) is 5.69 Å². The molecule has 0 bridgehead atoms. The molecule has 24 heavy (non-hydrogen) atoms. The van der Waals surface area contributed by atoms with Crippen LogP contribution in [0.25, 0.3) is 0 Å². The molecule has 0 aliphatic rings. The summed E-state index contributed by atoms with van der Waals surface area (Å²) in [6, 6.07) is 12.3. The van der Waals surface area contributed by atoms with Crippen molar-refractivity contribution in [1.82, 2.24) is 15.2 Å². The lowest BCUT2D eigenvalue weighted by atomic mass is 10.2. The molecule has 0 unspecified atom stereocenters. The van der Waals surface area contributed by atoms with Gasteiger partial charge in [0, 0.05) is 18.8 Å². The summed E-state index contributed by atoms with van der Waals surface area (Å²) in [6.45, 7) is 3.17. The van der Waals surface area contributed by atoms with Crippen molar-refractivity contribution in [2.75, 3.05) is 32.5 Å². The van der Waals surface area contributed by atoms with Gasteiger partial charge in [0.25, 0.3) is 11.8 Å². The minimum absolute atomic E-state index is 0.207. The molecular formula is C18H22N4O2. The summed E-state index contributed by atoms with van der Waals surface area (Å²) in [5.41, 5.74) is 2.12. The molecule has 6 heteroatoms. The summed E-state index contributed by atoms with van der Waals surface area (Å²) in [5.74, 6) is -0.630. The predicted molar refractivity (Wildman–Crippen MR) is 94.3 cm³/mol. The number of amides is 2. The Morgan fingerprint density at radius 1 is 1.00 bits per heavy atom. The van der Waals surface area contributed by atoms with E-state index in [-0.39, 0.29) is 23.2 Å². The van der Waals surface area contributed by atoms with Gasteiger partial charge in [0.05, 0.1) is 0 Å². The van der Waals surface area contributed by atoms with Gasteiger partial charge < -0.3 is 15.5 Å². The minimum Gasteiger partial charge on any atom is -0.349 e. The SMILES string of the molecule is Cc1ccccc1NC(=O)c1cccc(C(=O)NCCN(C)C)n1. The molecule has 1 aromatic carbocycles. The standard InChI is InChI=1S/C18H22N4O2/c1-13-7-4-5-8-14(13)21-18(24)16-10-6-9-15(20-16)17(23)19-11-12-22(2)3/h4-10H,11-12H2,1-3H3,(H,19,23)(H,21,24).